The van der Waals surface area contributed by atoms with Crippen molar-refractivity contribution in [3.63, 3.8) is 0 Å². The molecule has 1 aliphatic rings. The smallest absolute Gasteiger partial charge is 0.198 e. The van der Waals surface area contributed by atoms with Crippen LogP contribution in [0.3, 0.4) is 0 Å². The summed E-state index contributed by atoms with van der Waals surface area (Å²) < 4.78 is 0. The minimum absolute atomic E-state index is 0.139. The predicted octanol–water partition coefficient (Wildman–Crippen LogP) is 3.30. The van der Waals surface area contributed by atoms with Crippen molar-refractivity contribution in [2.24, 2.45) is 0 Å². The average Bonchev–Trinajstić information content (AvgIpc) is 2.16. The first-order valence-electron chi connectivity index (χ1n) is 4.60. The first-order chi connectivity index (χ1) is 7.16. The van der Waals surface area contributed by atoms with Crippen LogP contribution in [-0.4, -0.2) is 15.0 Å². The molecule has 0 unspecified atom stereocenters. The fourth-order valence-corrected chi connectivity index (χ4v) is 1.90. The molecule has 0 radical (unpaired) electrons. The standard InChI is InChI=1S/C10H9Cl2N3/c1-6-4-2-3-5-7(6)8-13-9(11)15-10(12)14-8/h2,4H,3,5H2,1H3. The molecule has 0 aromatic carbocycles. The SMILES string of the molecule is CC1=C(c2nc(Cl)nc(Cl)n2)CCC=C1. The summed E-state index contributed by atoms with van der Waals surface area (Å²) in [5, 5.41) is 0.278. The third-order valence-corrected chi connectivity index (χ3v) is 2.59. The molecule has 0 saturated heterocycles. The molecule has 0 aliphatic heterocycles. The van der Waals surface area contributed by atoms with Crippen LogP contribution in [0.2, 0.25) is 10.6 Å². The van der Waals surface area contributed by atoms with Crippen molar-refractivity contribution in [1.29, 1.82) is 0 Å². The molecule has 78 valence electrons. The molecular weight excluding hydrogens is 233 g/mol. The Hall–Kier alpha value is -0.930. The number of aromatic nitrogens is 3. The lowest BCUT2D eigenvalue weighted by molar-refractivity contribution is 0.958. The molecule has 1 aliphatic carbocycles. The van der Waals surface area contributed by atoms with Crippen molar-refractivity contribution in [2.45, 2.75) is 19.8 Å². The lowest BCUT2D eigenvalue weighted by atomic mass is 9.98. The van der Waals surface area contributed by atoms with Crippen molar-refractivity contribution in [1.82, 2.24) is 15.0 Å². The van der Waals surface area contributed by atoms with Gasteiger partial charge in [0.25, 0.3) is 0 Å². The van der Waals surface area contributed by atoms with Crippen molar-refractivity contribution in [3.05, 3.63) is 34.1 Å². The van der Waals surface area contributed by atoms with Gasteiger partial charge in [-0.25, -0.2) is 0 Å². The molecule has 1 aromatic heterocycles. The number of hydrogen-bond acceptors (Lipinski definition) is 3. The van der Waals surface area contributed by atoms with Crippen LogP contribution >= 0.6 is 23.2 Å². The molecule has 3 nitrogen and oxygen atoms in total. The molecule has 15 heavy (non-hydrogen) atoms. The summed E-state index contributed by atoms with van der Waals surface area (Å²) in [5.74, 6) is 0.585. The second kappa shape index (κ2) is 4.29. The van der Waals surface area contributed by atoms with Gasteiger partial charge in [0.2, 0.25) is 10.6 Å². The molecule has 0 amide bonds. The number of rotatable bonds is 1. The van der Waals surface area contributed by atoms with E-state index in [9.17, 15) is 0 Å². The highest BCUT2D eigenvalue weighted by Gasteiger charge is 2.12. The Morgan fingerprint density at radius 1 is 1.13 bits per heavy atom. The van der Waals surface area contributed by atoms with Crippen LogP contribution in [0, 0.1) is 0 Å². The van der Waals surface area contributed by atoms with Crippen LogP contribution in [0.25, 0.3) is 5.57 Å². The third-order valence-electron chi connectivity index (χ3n) is 2.26. The van der Waals surface area contributed by atoms with E-state index in [4.69, 9.17) is 23.2 Å². The summed E-state index contributed by atoms with van der Waals surface area (Å²) in [5.41, 5.74) is 2.24. The molecule has 0 saturated carbocycles. The Bertz CT molecular complexity index is 432. The monoisotopic (exact) mass is 241 g/mol. The predicted molar refractivity (Wildman–Crippen MR) is 60.8 cm³/mol. The molecule has 0 N–H and O–H groups in total. The highest BCUT2D eigenvalue weighted by molar-refractivity contribution is 6.31. The van der Waals surface area contributed by atoms with Gasteiger partial charge >= 0.3 is 0 Å². The summed E-state index contributed by atoms with van der Waals surface area (Å²) in [7, 11) is 0. The minimum Gasteiger partial charge on any atom is -0.198 e. The number of hydrogen-bond donors (Lipinski definition) is 0. The first-order valence-corrected chi connectivity index (χ1v) is 5.36. The van der Waals surface area contributed by atoms with Crippen LogP contribution in [0.5, 0.6) is 0 Å². The Labute approximate surface area is 97.9 Å². The van der Waals surface area contributed by atoms with Gasteiger partial charge in [0, 0.05) is 5.57 Å². The van der Waals surface area contributed by atoms with Gasteiger partial charge in [-0.05, 0) is 48.5 Å². The maximum atomic E-state index is 5.73. The Morgan fingerprint density at radius 2 is 1.80 bits per heavy atom. The summed E-state index contributed by atoms with van der Waals surface area (Å²) in [6.07, 6.45) is 6.10. The summed E-state index contributed by atoms with van der Waals surface area (Å²) >= 11 is 11.5. The quantitative estimate of drug-likeness (QED) is 0.758. The zero-order valence-corrected chi connectivity index (χ0v) is 9.68. The van der Waals surface area contributed by atoms with Crippen LogP contribution < -0.4 is 0 Å². The third kappa shape index (κ3) is 2.36. The summed E-state index contributed by atoms with van der Waals surface area (Å²) in [4.78, 5) is 11.9. The van der Waals surface area contributed by atoms with E-state index in [2.05, 4.69) is 27.1 Å². The van der Waals surface area contributed by atoms with Gasteiger partial charge in [0.1, 0.15) is 0 Å². The van der Waals surface area contributed by atoms with Gasteiger partial charge in [0.05, 0.1) is 0 Å². The van der Waals surface area contributed by atoms with E-state index in [0.29, 0.717) is 5.82 Å². The van der Waals surface area contributed by atoms with Crippen LogP contribution in [0.1, 0.15) is 25.6 Å². The van der Waals surface area contributed by atoms with Gasteiger partial charge in [-0.3, -0.25) is 0 Å². The van der Waals surface area contributed by atoms with Gasteiger partial charge in [-0.2, -0.15) is 15.0 Å². The van der Waals surface area contributed by atoms with E-state index in [1.165, 1.54) is 0 Å². The van der Waals surface area contributed by atoms with Crippen molar-refractivity contribution in [2.75, 3.05) is 0 Å². The Kier molecular flexibility index (Phi) is 3.03. The second-order valence-corrected chi connectivity index (χ2v) is 3.98. The Morgan fingerprint density at radius 3 is 2.40 bits per heavy atom. The fraction of sp³-hybridized carbons (Fsp3) is 0.300. The van der Waals surface area contributed by atoms with E-state index in [1.54, 1.807) is 0 Å². The number of nitrogens with zero attached hydrogens (tertiary/aromatic N) is 3. The van der Waals surface area contributed by atoms with Crippen molar-refractivity contribution >= 4 is 28.8 Å². The van der Waals surface area contributed by atoms with Gasteiger partial charge in [-0.15, -0.1) is 0 Å². The topological polar surface area (TPSA) is 38.7 Å². The van der Waals surface area contributed by atoms with Crippen molar-refractivity contribution < 1.29 is 0 Å². The zero-order valence-electron chi connectivity index (χ0n) is 8.17. The Balaban J connectivity index is 2.49. The highest BCUT2D eigenvalue weighted by atomic mass is 35.5. The van der Waals surface area contributed by atoms with Crippen molar-refractivity contribution in [3.8, 4) is 0 Å². The molecule has 2 rings (SSSR count). The minimum atomic E-state index is 0.139. The molecule has 5 heteroatoms. The van der Waals surface area contributed by atoms with Gasteiger partial charge < -0.3 is 0 Å². The molecule has 1 heterocycles. The zero-order chi connectivity index (χ0) is 10.8. The van der Waals surface area contributed by atoms with Gasteiger partial charge in [0.15, 0.2) is 5.82 Å². The number of allylic oxidation sites excluding steroid dienone is 4. The first kappa shape index (κ1) is 10.6. The summed E-state index contributed by atoms with van der Waals surface area (Å²) in [6.45, 7) is 2.02. The van der Waals surface area contributed by atoms with Crippen LogP contribution in [0.15, 0.2) is 17.7 Å². The fourth-order valence-electron chi connectivity index (χ4n) is 1.53. The largest absolute Gasteiger partial charge is 0.227 e. The van der Waals surface area contributed by atoms with E-state index < -0.39 is 0 Å². The lowest BCUT2D eigenvalue weighted by Gasteiger charge is -2.11. The maximum absolute atomic E-state index is 5.73. The lowest BCUT2D eigenvalue weighted by Crippen LogP contribution is -2.01. The molecule has 0 fully saturated rings. The van der Waals surface area contributed by atoms with E-state index in [1.807, 2.05) is 6.92 Å². The maximum Gasteiger partial charge on any atom is 0.227 e. The summed E-state index contributed by atoms with van der Waals surface area (Å²) in [6, 6.07) is 0. The van der Waals surface area contributed by atoms with Crippen LogP contribution in [-0.2, 0) is 0 Å². The van der Waals surface area contributed by atoms with E-state index in [-0.39, 0.29) is 10.6 Å². The second-order valence-electron chi connectivity index (χ2n) is 3.30. The highest BCUT2D eigenvalue weighted by Crippen LogP contribution is 2.26. The van der Waals surface area contributed by atoms with Gasteiger partial charge in [-0.1, -0.05) is 12.2 Å². The molecule has 0 bridgehead atoms. The van der Waals surface area contributed by atoms with E-state index >= 15 is 0 Å². The average molecular weight is 242 g/mol. The molecule has 0 atom stereocenters. The molecule has 1 aromatic rings. The number of halogens is 2. The molecule has 0 spiro atoms. The van der Waals surface area contributed by atoms with Crippen LogP contribution in [0.4, 0.5) is 0 Å². The molecular formula is C10H9Cl2N3. The normalized spacial score (nSPS) is 15.9. The van der Waals surface area contributed by atoms with E-state index in [0.717, 1.165) is 24.0 Å².